The third kappa shape index (κ3) is 3.27. The molecule has 0 unspecified atom stereocenters. The number of anilines is 1. The van der Waals surface area contributed by atoms with Gasteiger partial charge in [-0.15, -0.1) is 0 Å². The summed E-state index contributed by atoms with van der Waals surface area (Å²) >= 11 is 1.81. The maximum Gasteiger partial charge on any atom is 0.243 e. The number of aromatic nitrogens is 1. The summed E-state index contributed by atoms with van der Waals surface area (Å²) in [4.78, 5) is 12.4. The van der Waals surface area contributed by atoms with E-state index in [9.17, 15) is 13.2 Å². The summed E-state index contributed by atoms with van der Waals surface area (Å²) in [5, 5.41) is 3.54. The highest BCUT2D eigenvalue weighted by molar-refractivity contribution is 14.1. The summed E-state index contributed by atoms with van der Waals surface area (Å²) in [6.07, 6.45) is 4.70. The molecule has 1 aliphatic rings. The lowest BCUT2D eigenvalue weighted by atomic mass is 10.0. The molecule has 8 heteroatoms. The maximum absolute atomic E-state index is 12.4. The number of ketones is 1. The summed E-state index contributed by atoms with van der Waals surface area (Å²) in [6.45, 7) is 1.61. The molecule has 0 spiro atoms. The molecule has 0 radical (unpaired) electrons. The lowest BCUT2D eigenvalue weighted by Crippen LogP contribution is -2.23. The van der Waals surface area contributed by atoms with Crippen LogP contribution in [0, 0.1) is 0 Å². The van der Waals surface area contributed by atoms with Crippen molar-refractivity contribution in [3.8, 4) is 0 Å². The predicted molar refractivity (Wildman–Crippen MR) is 94.3 cm³/mol. The van der Waals surface area contributed by atoms with Gasteiger partial charge < -0.3 is 4.52 Å². The quantitative estimate of drug-likeness (QED) is 0.387. The molecule has 0 bridgehead atoms. The zero-order chi connectivity index (χ0) is 16.6. The number of hydrogen-bond donors (Lipinski definition) is 0. The molecule has 1 saturated carbocycles. The van der Waals surface area contributed by atoms with Crippen molar-refractivity contribution in [1.29, 1.82) is 0 Å². The fraction of sp³-hybridized carbons (Fsp3) is 0.333. The second kappa shape index (κ2) is 6.23. The molecular weight excluding hydrogens is 431 g/mol. The Bertz CT molecular complexity index is 829. The number of nitrogens with zero attached hydrogens (tertiary/aromatic N) is 2. The topological polar surface area (TPSA) is 80.5 Å². The minimum Gasteiger partial charge on any atom is -0.364 e. The fourth-order valence-electron chi connectivity index (χ4n) is 2.32. The van der Waals surface area contributed by atoms with Gasteiger partial charge in [0.2, 0.25) is 10.0 Å². The van der Waals surface area contributed by atoms with E-state index in [0.29, 0.717) is 22.7 Å². The van der Waals surface area contributed by atoms with Gasteiger partial charge in [0.1, 0.15) is 6.26 Å². The average Bonchev–Trinajstić information content (AvgIpc) is 3.27. The van der Waals surface area contributed by atoms with E-state index in [2.05, 4.69) is 5.16 Å². The van der Waals surface area contributed by atoms with Crippen molar-refractivity contribution >= 4 is 44.4 Å². The summed E-state index contributed by atoms with van der Waals surface area (Å²) in [6, 6.07) is 5.14. The van der Waals surface area contributed by atoms with Crippen LogP contribution in [0.25, 0.3) is 0 Å². The molecule has 0 N–H and O–H groups in total. The molecule has 1 aromatic heterocycles. The highest BCUT2D eigenvalue weighted by atomic mass is 127. The van der Waals surface area contributed by atoms with Crippen LogP contribution in [-0.2, 0) is 10.0 Å². The van der Waals surface area contributed by atoms with Gasteiger partial charge in [0.05, 0.1) is 46.1 Å². The van der Waals surface area contributed by atoms with Crippen molar-refractivity contribution in [2.24, 2.45) is 0 Å². The zero-order valence-electron chi connectivity index (χ0n) is 12.4. The van der Waals surface area contributed by atoms with Gasteiger partial charge in [-0.1, -0.05) is 5.16 Å². The van der Waals surface area contributed by atoms with E-state index in [1.54, 1.807) is 25.1 Å². The van der Waals surface area contributed by atoms with E-state index in [1.165, 1.54) is 15.0 Å². The largest absolute Gasteiger partial charge is 0.364 e. The van der Waals surface area contributed by atoms with Crippen molar-refractivity contribution < 1.29 is 17.7 Å². The standard InChI is InChI=1S/C15H15IN2O4S/c1-2-23(20,21)18(16)14-6-5-11(7-13(14)10-3-4-10)15(19)12-8-17-22-9-12/h5-10H,2-4H2,1H3. The summed E-state index contributed by atoms with van der Waals surface area (Å²) < 4.78 is 30.3. The smallest absolute Gasteiger partial charge is 0.243 e. The van der Waals surface area contributed by atoms with Gasteiger partial charge in [-0.2, -0.15) is 0 Å². The van der Waals surface area contributed by atoms with Crippen molar-refractivity contribution in [3.63, 3.8) is 0 Å². The van der Waals surface area contributed by atoms with Crippen LogP contribution in [0.2, 0.25) is 0 Å². The maximum atomic E-state index is 12.4. The van der Waals surface area contributed by atoms with Gasteiger partial charge in [0.25, 0.3) is 0 Å². The van der Waals surface area contributed by atoms with Gasteiger partial charge in [0, 0.05) is 5.56 Å². The Morgan fingerprint density at radius 2 is 2.13 bits per heavy atom. The van der Waals surface area contributed by atoms with Gasteiger partial charge in [0.15, 0.2) is 5.78 Å². The van der Waals surface area contributed by atoms with Crippen LogP contribution >= 0.6 is 22.9 Å². The normalized spacial score (nSPS) is 14.7. The molecule has 3 rings (SSSR count). The first kappa shape index (κ1) is 16.4. The van der Waals surface area contributed by atoms with Crippen LogP contribution < -0.4 is 2.52 Å². The molecule has 1 fully saturated rings. The van der Waals surface area contributed by atoms with Gasteiger partial charge in [-0.3, -0.25) is 4.79 Å². The molecular formula is C15H15IN2O4S. The fourth-order valence-corrected chi connectivity index (χ4v) is 4.29. The number of carbonyl (C=O) groups excluding carboxylic acids is 1. The third-order valence-corrected chi connectivity index (χ3v) is 7.53. The molecule has 0 atom stereocenters. The van der Waals surface area contributed by atoms with Crippen LogP contribution in [0.1, 0.15) is 47.2 Å². The number of hydrogen-bond acceptors (Lipinski definition) is 5. The minimum atomic E-state index is -3.35. The molecule has 122 valence electrons. The van der Waals surface area contributed by atoms with Crippen LogP contribution in [0.5, 0.6) is 0 Å². The number of benzene rings is 1. The Morgan fingerprint density at radius 3 is 2.70 bits per heavy atom. The Morgan fingerprint density at radius 1 is 1.39 bits per heavy atom. The SMILES string of the molecule is CCS(=O)(=O)N(I)c1ccc(C(=O)c2cnoc2)cc1C1CC1. The van der Waals surface area contributed by atoms with Gasteiger partial charge in [-0.25, -0.2) is 10.9 Å². The first-order valence-corrected chi connectivity index (χ1v) is 9.78. The van der Waals surface area contributed by atoms with Crippen LogP contribution in [-0.4, -0.2) is 25.1 Å². The molecule has 0 amide bonds. The second-order valence-corrected chi connectivity index (χ2v) is 9.13. The predicted octanol–water partition coefficient (Wildman–Crippen LogP) is 3.29. The van der Waals surface area contributed by atoms with E-state index in [0.717, 1.165) is 18.4 Å². The lowest BCUT2D eigenvalue weighted by Gasteiger charge is -2.20. The Hall–Kier alpha value is -1.42. The van der Waals surface area contributed by atoms with Crippen molar-refractivity contribution in [1.82, 2.24) is 5.16 Å². The first-order chi connectivity index (χ1) is 10.9. The van der Waals surface area contributed by atoms with E-state index < -0.39 is 10.0 Å². The molecule has 1 aromatic carbocycles. The van der Waals surface area contributed by atoms with E-state index in [-0.39, 0.29) is 11.5 Å². The molecule has 1 heterocycles. The van der Waals surface area contributed by atoms with Gasteiger partial charge in [-0.05, 0) is 49.4 Å². The first-order valence-electron chi connectivity index (χ1n) is 7.21. The van der Waals surface area contributed by atoms with E-state index >= 15 is 0 Å². The van der Waals surface area contributed by atoms with Crippen molar-refractivity contribution in [2.75, 3.05) is 8.27 Å². The number of rotatable bonds is 6. The van der Waals surface area contributed by atoms with Crippen LogP contribution in [0.3, 0.4) is 0 Å². The lowest BCUT2D eigenvalue weighted by molar-refractivity contribution is 0.103. The number of sulfonamides is 1. The number of halogens is 1. The van der Waals surface area contributed by atoms with Gasteiger partial charge >= 0.3 is 0 Å². The molecule has 0 saturated heterocycles. The third-order valence-electron chi connectivity index (χ3n) is 3.80. The molecule has 23 heavy (non-hydrogen) atoms. The van der Waals surface area contributed by atoms with E-state index in [4.69, 9.17) is 4.52 Å². The molecule has 6 nitrogen and oxygen atoms in total. The highest BCUT2D eigenvalue weighted by Crippen LogP contribution is 2.46. The van der Waals surface area contributed by atoms with E-state index in [1.807, 2.05) is 22.9 Å². The monoisotopic (exact) mass is 446 g/mol. The minimum absolute atomic E-state index is 0.0292. The second-order valence-electron chi connectivity index (χ2n) is 5.41. The molecule has 2 aromatic rings. The Balaban J connectivity index is 2.02. The Kier molecular flexibility index (Phi) is 4.45. The van der Waals surface area contributed by atoms with Crippen LogP contribution in [0.15, 0.2) is 35.2 Å². The summed E-state index contributed by atoms with van der Waals surface area (Å²) in [7, 11) is -3.35. The zero-order valence-corrected chi connectivity index (χ0v) is 15.4. The number of carbonyl (C=O) groups is 1. The average molecular weight is 446 g/mol. The molecule has 0 aliphatic heterocycles. The Labute approximate surface area is 148 Å². The highest BCUT2D eigenvalue weighted by Gasteiger charge is 2.31. The molecule has 1 aliphatic carbocycles. The summed E-state index contributed by atoms with van der Waals surface area (Å²) in [5.41, 5.74) is 2.43. The van der Waals surface area contributed by atoms with Crippen molar-refractivity contribution in [2.45, 2.75) is 25.7 Å². The van der Waals surface area contributed by atoms with Crippen LogP contribution in [0.4, 0.5) is 5.69 Å². The van der Waals surface area contributed by atoms with Crippen molar-refractivity contribution in [3.05, 3.63) is 47.3 Å². The summed E-state index contributed by atoms with van der Waals surface area (Å²) in [5.74, 6) is 0.157.